The van der Waals surface area contributed by atoms with Gasteiger partial charge in [-0.05, 0) is 30.9 Å². The molecule has 0 spiro atoms. The molecule has 1 aliphatic heterocycles. The maximum absolute atomic E-state index is 13.0. The normalized spacial score (nSPS) is 23.8. The van der Waals surface area contributed by atoms with Crippen LogP contribution in [0.3, 0.4) is 0 Å². The van der Waals surface area contributed by atoms with Gasteiger partial charge in [0.2, 0.25) is 5.91 Å². The standard InChI is InChI=1S/C18H22N4O2/c1-12-4-2-3-5-14(12)17-11-22(8-9-24-17)18(23)13-6-7-15-16(10-13)20-21-19-15/h2-5,13,17H,6-11H2,1H3,(H,19,20,21)/t13-,17+/m1/s1. The molecule has 1 fully saturated rings. The van der Waals surface area contributed by atoms with E-state index in [0.29, 0.717) is 26.1 Å². The maximum Gasteiger partial charge on any atom is 0.226 e. The Morgan fingerprint density at radius 1 is 1.29 bits per heavy atom. The van der Waals surface area contributed by atoms with Crippen molar-refractivity contribution in [1.29, 1.82) is 0 Å². The van der Waals surface area contributed by atoms with Crippen LogP contribution in [-0.2, 0) is 22.4 Å². The van der Waals surface area contributed by atoms with E-state index >= 15 is 0 Å². The minimum absolute atomic E-state index is 0.0122. The number of carbonyl (C=O) groups excluding carboxylic acids is 1. The number of fused-ring (bicyclic) bond motifs is 1. The third kappa shape index (κ3) is 2.82. The summed E-state index contributed by atoms with van der Waals surface area (Å²) in [6, 6.07) is 8.24. The summed E-state index contributed by atoms with van der Waals surface area (Å²) >= 11 is 0. The highest BCUT2D eigenvalue weighted by Gasteiger charge is 2.33. The summed E-state index contributed by atoms with van der Waals surface area (Å²) in [5, 5.41) is 11.0. The minimum atomic E-state index is -0.0323. The van der Waals surface area contributed by atoms with Crippen molar-refractivity contribution < 1.29 is 9.53 Å². The lowest BCUT2D eigenvalue weighted by Gasteiger charge is -2.36. The number of nitrogens with zero attached hydrogens (tertiary/aromatic N) is 3. The summed E-state index contributed by atoms with van der Waals surface area (Å²) in [5.41, 5.74) is 4.35. The van der Waals surface area contributed by atoms with Crippen molar-refractivity contribution in [2.45, 2.75) is 32.3 Å². The molecule has 1 N–H and O–H groups in total. The van der Waals surface area contributed by atoms with Gasteiger partial charge in [-0.25, -0.2) is 0 Å². The van der Waals surface area contributed by atoms with Gasteiger partial charge >= 0.3 is 0 Å². The molecular formula is C18H22N4O2. The predicted molar refractivity (Wildman–Crippen MR) is 88.3 cm³/mol. The van der Waals surface area contributed by atoms with E-state index < -0.39 is 0 Å². The Labute approximate surface area is 141 Å². The molecule has 1 saturated heterocycles. The highest BCUT2D eigenvalue weighted by molar-refractivity contribution is 5.79. The fourth-order valence-electron chi connectivity index (χ4n) is 3.74. The average Bonchev–Trinajstić information content (AvgIpc) is 3.09. The summed E-state index contributed by atoms with van der Waals surface area (Å²) in [7, 11) is 0. The molecule has 1 amide bonds. The third-order valence-corrected chi connectivity index (χ3v) is 5.14. The van der Waals surface area contributed by atoms with Gasteiger partial charge in [-0.1, -0.05) is 24.3 Å². The van der Waals surface area contributed by atoms with Crippen molar-refractivity contribution in [3.63, 3.8) is 0 Å². The number of carbonyl (C=O) groups is 1. The number of aryl methyl sites for hydroxylation is 2. The molecule has 1 aromatic heterocycles. The second kappa shape index (κ2) is 6.36. The number of aromatic nitrogens is 3. The molecule has 1 aliphatic carbocycles. The van der Waals surface area contributed by atoms with Crippen LogP contribution in [-0.4, -0.2) is 45.9 Å². The first-order valence-electron chi connectivity index (χ1n) is 8.57. The number of hydrogen-bond donors (Lipinski definition) is 1. The smallest absolute Gasteiger partial charge is 0.226 e. The zero-order chi connectivity index (χ0) is 16.5. The van der Waals surface area contributed by atoms with Crippen LogP contribution in [0.4, 0.5) is 0 Å². The number of nitrogens with one attached hydrogen (secondary N) is 1. The van der Waals surface area contributed by atoms with E-state index in [1.54, 1.807) is 0 Å². The molecule has 1 aromatic carbocycles. The molecule has 0 radical (unpaired) electrons. The third-order valence-electron chi connectivity index (χ3n) is 5.14. The van der Waals surface area contributed by atoms with E-state index in [2.05, 4.69) is 34.5 Å². The topological polar surface area (TPSA) is 71.1 Å². The summed E-state index contributed by atoms with van der Waals surface area (Å²) in [4.78, 5) is 14.9. The van der Waals surface area contributed by atoms with Gasteiger partial charge in [-0.15, -0.1) is 0 Å². The van der Waals surface area contributed by atoms with Crippen LogP contribution >= 0.6 is 0 Å². The van der Waals surface area contributed by atoms with Gasteiger partial charge in [-0.3, -0.25) is 4.79 Å². The number of hydrogen-bond acceptors (Lipinski definition) is 4. The first-order chi connectivity index (χ1) is 11.7. The lowest BCUT2D eigenvalue weighted by Crippen LogP contribution is -2.46. The van der Waals surface area contributed by atoms with Crippen molar-refractivity contribution >= 4 is 5.91 Å². The summed E-state index contributed by atoms with van der Waals surface area (Å²) < 4.78 is 5.94. The Morgan fingerprint density at radius 2 is 2.12 bits per heavy atom. The first-order valence-corrected chi connectivity index (χ1v) is 8.57. The lowest BCUT2D eigenvalue weighted by molar-refractivity contribution is -0.143. The molecule has 2 heterocycles. The minimum Gasteiger partial charge on any atom is -0.370 e. The van der Waals surface area contributed by atoms with Crippen LogP contribution in [0.15, 0.2) is 24.3 Å². The largest absolute Gasteiger partial charge is 0.370 e. The predicted octanol–water partition coefficient (Wildman–Crippen LogP) is 1.82. The van der Waals surface area contributed by atoms with Gasteiger partial charge in [0, 0.05) is 18.9 Å². The van der Waals surface area contributed by atoms with Crippen molar-refractivity contribution in [3.05, 3.63) is 46.8 Å². The number of amides is 1. The van der Waals surface area contributed by atoms with E-state index in [0.717, 1.165) is 24.2 Å². The summed E-state index contributed by atoms with van der Waals surface area (Å²) in [5.74, 6) is 0.240. The zero-order valence-corrected chi connectivity index (χ0v) is 13.9. The molecule has 4 rings (SSSR count). The highest BCUT2D eigenvalue weighted by atomic mass is 16.5. The van der Waals surface area contributed by atoms with Gasteiger partial charge in [-0.2, -0.15) is 15.4 Å². The lowest BCUT2D eigenvalue weighted by atomic mass is 9.88. The second-order valence-corrected chi connectivity index (χ2v) is 6.66. The molecule has 6 heteroatoms. The molecule has 2 atom stereocenters. The van der Waals surface area contributed by atoms with Crippen LogP contribution in [0.2, 0.25) is 0 Å². The van der Waals surface area contributed by atoms with Crippen molar-refractivity contribution in [2.75, 3.05) is 19.7 Å². The summed E-state index contributed by atoms with van der Waals surface area (Å²) in [6.07, 6.45) is 2.34. The van der Waals surface area contributed by atoms with E-state index in [9.17, 15) is 4.79 Å². The Hall–Kier alpha value is -2.21. The maximum atomic E-state index is 13.0. The quantitative estimate of drug-likeness (QED) is 0.914. The van der Waals surface area contributed by atoms with E-state index in [-0.39, 0.29) is 17.9 Å². The fraction of sp³-hybridized carbons (Fsp3) is 0.500. The Morgan fingerprint density at radius 3 is 3.00 bits per heavy atom. The van der Waals surface area contributed by atoms with Crippen LogP contribution in [0.1, 0.15) is 35.0 Å². The molecule has 2 aliphatic rings. The van der Waals surface area contributed by atoms with Crippen molar-refractivity contribution in [2.24, 2.45) is 5.92 Å². The fourth-order valence-corrected chi connectivity index (χ4v) is 3.74. The second-order valence-electron chi connectivity index (χ2n) is 6.66. The van der Waals surface area contributed by atoms with Gasteiger partial charge in [0.05, 0.1) is 24.5 Å². The number of aromatic amines is 1. The van der Waals surface area contributed by atoms with Crippen LogP contribution in [0, 0.1) is 12.8 Å². The summed E-state index contributed by atoms with van der Waals surface area (Å²) in [6.45, 7) is 3.98. The van der Waals surface area contributed by atoms with Gasteiger partial charge in [0.15, 0.2) is 0 Å². The van der Waals surface area contributed by atoms with Crippen LogP contribution in [0.5, 0.6) is 0 Å². The number of benzene rings is 1. The van der Waals surface area contributed by atoms with Gasteiger partial charge in [0.25, 0.3) is 0 Å². The van der Waals surface area contributed by atoms with Gasteiger partial charge in [0.1, 0.15) is 6.10 Å². The number of morpholine rings is 1. The molecular weight excluding hydrogens is 304 g/mol. The van der Waals surface area contributed by atoms with Crippen molar-refractivity contribution in [3.8, 4) is 0 Å². The highest BCUT2D eigenvalue weighted by Crippen LogP contribution is 2.28. The number of rotatable bonds is 2. The molecule has 0 bridgehead atoms. The average molecular weight is 326 g/mol. The van der Waals surface area contributed by atoms with Crippen LogP contribution in [0.25, 0.3) is 0 Å². The monoisotopic (exact) mass is 326 g/mol. The number of H-pyrrole nitrogens is 1. The molecule has 6 nitrogen and oxygen atoms in total. The zero-order valence-electron chi connectivity index (χ0n) is 13.9. The molecule has 24 heavy (non-hydrogen) atoms. The van der Waals surface area contributed by atoms with Gasteiger partial charge < -0.3 is 9.64 Å². The first kappa shape index (κ1) is 15.3. The molecule has 0 saturated carbocycles. The molecule has 0 unspecified atom stereocenters. The Kier molecular flexibility index (Phi) is 4.06. The molecule has 2 aromatic rings. The number of ether oxygens (including phenoxy) is 1. The van der Waals surface area contributed by atoms with E-state index in [1.807, 2.05) is 17.0 Å². The van der Waals surface area contributed by atoms with Crippen LogP contribution < -0.4 is 0 Å². The van der Waals surface area contributed by atoms with E-state index in [4.69, 9.17) is 4.74 Å². The Bertz CT molecular complexity index is 742. The molecule has 126 valence electrons. The van der Waals surface area contributed by atoms with E-state index in [1.165, 1.54) is 11.1 Å². The van der Waals surface area contributed by atoms with Crippen molar-refractivity contribution in [1.82, 2.24) is 20.3 Å². The SMILES string of the molecule is Cc1ccccc1[C@@H]1CN(C(=O)[C@@H]2CCc3n[nH]nc3C2)CCO1. The Balaban J connectivity index is 1.46.